The number of fused-ring (bicyclic) bond motifs is 1. The fraction of sp³-hybridized carbons (Fsp3) is 0.263. The number of ether oxygens (including phenoxy) is 2. The molecule has 8 nitrogen and oxygen atoms in total. The molecule has 0 saturated heterocycles. The number of aromatic nitrogens is 3. The molecule has 0 unspecified atom stereocenters. The van der Waals surface area contributed by atoms with Gasteiger partial charge in [-0.1, -0.05) is 35.5 Å². The van der Waals surface area contributed by atoms with Crippen molar-refractivity contribution < 1.29 is 14.4 Å². The van der Waals surface area contributed by atoms with Crippen LogP contribution in [0.1, 0.15) is 22.2 Å². The summed E-state index contributed by atoms with van der Waals surface area (Å²) in [6, 6.07) is 13.4. The maximum Gasteiger partial charge on any atom is 0.231 e. The molecular formula is C19H18N4O4S. The van der Waals surface area contributed by atoms with E-state index >= 15 is 0 Å². The summed E-state index contributed by atoms with van der Waals surface area (Å²) < 4.78 is 12.7. The lowest BCUT2D eigenvalue weighted by atomic mass is 10.1. The second-order valence-electron chi connectivity index (χ2n) is 6.44. The highest BCUT2D eigenvalue weighted by Crippen LogP contribution is 2.40. The third kappa shape index (κ3) is 3.65. The smallest absolute Gasteiger partial charge is 0.231 e. The number of hydrogen-bond donors (Lipinski definition) is 0. The van der Waals surface area contributed by atoms with Gasteiger partial charge in [-0.25, -0.2) is 0 Å². The molecule has 1 aliphatic heterocycles. The van der Waals surface area contributed by atoms with E-state index in [1.165, 1.54) is 11.8 Å². The van der Waals surface area contributed by atoms with E-state index in [-0.39, 0.29) is 18.3 Å². The SMILES string of the molecule is Cc1ccc(-n2c(C)nnc2S[C@@H](C[N+](=O)[O-])c2ccc3c(c2)OCO3)cc1. The highest BCUT2D eigenvalue weighted by atomic mass is 32.2. The first-order valence-electron chi connectivity index (χ1n) is 8.68. The minimum Gasteiger partial charge on any atom is -0.454 e. The summed E-state index contributed by atoms with van der Waals surface area (Å²) in [5, 5.41) is 19.9. The molecule has 144 valence electrons. The fourth-order valence-electron chi connectivity index (χ4n) is 3.00. The molecule has 1 aliphatic rings. The summed E-state index contributed by atoms with van der Waals surface area (Å²) in [6.45, 7) is 3.79. The van der Waals surface area contributed by atoms with Crippen LogP contribution >= 0.6 is 11.8 Å². The summed E-state index contributed by atoms with van der Waals surface area (Å²) in [5.41, 5.74) is 2.85. The average Bonchev–Trinajstić information content (AvgIpc) is 3.27. The van der Waals surface area contributed by atoms with Crippen LogP contribution in [0.3, 0.4) is 0 Å². The third-order valence-corrected chi connectivity index (χ3v) is 5.60. The van der Waals surface area contributed by atoms with Crippen molar-refractivity contribution in [1.29, 1.82) is 0 Å². The molecule has 4 rings (SSSR count). The zero-order valence-electron chi connectivity index (χ0n) is 15.4. The standard InChI is InChI=1S/C19H18N4O4S/c1-12-3-6-15(7-4-12)23-13(2)20-21-19(23)28-18(10-22(24)25)14-5-8-16-17(9-14)27-11-26-16/h3-9,18H,10-11H2,1-2H3/t18-/m0/s1. The third-order valence-electron chi connectivity index (χ3n) is 4.42. The predicted octanol–water partition coefficient (Wildman–Crippen LogP) is 3.72. The molecule has 0 saturated carbocycles. The van der Waals surface area contributed by atoms with Gasteiger partial charge in [0, 0.05) is 10.6 Å². The molecule has 0 spiro atoms. The Morgan fingerprint density at radius 1 is 1.14 bits per heavy atom. The molecule has 0 aliphatic carbocycles. The van der Waals surface area contributed by atoms with Crippen LogP contribution in [0.2, 0.25) is 0 Å². The van der Waals surface area contributed by atoms with Gasteiger partial charge in [0.25, 0.3) is 0 Å². The Morgan fingerprint density at radius 2 is 1.89 bits per heavy atom. The highest BCUT2D eigenvalue weighted by Gasteiger charge is 2.26. The zero-order valence-corrected chi connectivity index (χ0v) is 16.2. The molecular weight excluding hydrogens is 380 g/mol. The molecule has 0 fully saturated rings. The largest absolute Gasteiger partial charge is 0.454 e. The number of hydrogen-bond acceptors (Lipinski definition) is 7. The molecule has 2 heterocycles. The average molecular weight is 398 g/mol. The molecule has 1 atom stereocenters. The van der Waals surface area contributed by atoms with Crippen molar-refractivity contribution in [2.24, 2.45) is 0 Å². The van der Waals surface area contributed by atoms with E-state index in [2.05, 4.69) is 10.2 Å². The van der Waals surface area contributed by atoms with Gasteiger partial charge >= 0.3 is 0 Å². The van der Waals surface area contributed by atoms with Crippen molar-refractivity contribution in [3.05, 3.63) is 69.5 Å². The van der Waals surface area contributed by atoms with Crippen LogP contribution in [0.5, 0.6) is 11.5 Å². The van der Waals surface area contributed by atoms with Crippen molar-refractivity contribution in [2.75, 3.05) is 13.3 Å². The normalized spacial score (nSPS) is 13.5. The lowest BCUT2D eigenvalue weighted by Gasteiger charge is -2.15. The zero-order chi connectivity index (χ0) is 19.7. The number of nitro groups is 1. The summed E-state index contributed by atoms with van der Waals surface area (Å²) in [5.74, 6) is 1.96. The first-order chi connectivity index (χ1) is 13.5. The minimum absolute atomic E-state index is 0.160. The van der Waals surface area contributed by atoms with Crippen LogP contribution in [0, 0.1) is 24.0 Å². The van der Waals surface area contributed by atoms with Gasteiger partial charge in [0.05, 0.1) is 0 Å². The highest BCUT2D eigenvalue weighted by molar-refractivity contribution is 7.99. The van der Waals surface area contributed by atoms with E-state index in [0.717, 1.165) is 22.6 Å². The monoisotopic (exact) mass is 398 g/mol. The number of rotatable bonds is 6. The molecule has 1 aromatic heterocycles. The van der Waals surface area contributed by atoms with Gasteiger partial charge in [0.1, 0.15) is 11.1 Å². The lowest BCUT2D eigenvalue weighted by Crippen LogP contribution is -2.11. The van der Waals surface area contributed by atoms with E-state index in [4.69, 9.17) is 9.47 Å². The van der Waals surface area contributed by atoms with Gasteiger partial charge in [-0.3, -0.25) is 14.7 Å². The molecule has 0 amide bonds. The molecule has 0 N–H and O–H groups in total. The molecule has 28 heavy (non-hydrogen) atoms. The van der Waals surface area contributed by atoms with E-state index in [1.54, 1.807) is 12.1 Å². The van der Waals surface area contributed by atoms with E-state index in [0.29, 0.717) is 16.7 Å². The molecule has 2 aromatic carbocycles. The second kappa shape index (κ2) is 7.51. The Balaban J connectivity index is 1.68. The van der Waals surface area contributed by atoms with Crippen molar-refractivity contribution in [3.63, 3.8) is 0 Å². The Morgan fingerprint density at radius 3 is 2.64 bits per heavy atom. The van der Waals surface area contributed by atoms with Crippen LogP contribution in [0.4, 0.5) is 0 Å². The predicted molar refractivity (Wildman–Crippen MR) is 104 cm³/mol. The van der Waals surface area contributed by atoms with Crippen molar-refractivity contribution in [2.45, 2.75) is 24.3 Å². The van der Waals surface area contributed by atoms with Crippen LogP contribution in [-0.2, 0) is 0 Å². The molecule has 0 bridgehead atoms. The summed E-state index contributed by atoms with van der Waals surface area (Å²) in [6.07, 6.45) is 0. The molecule has 9 heteroatoms. The van der Waals surface area contributed by atoms with E-state index in [9.17, 15) is 10.1 Å². The first-order valence-corrected chi connectivity index (χ1v) is 9.56. The number of nitrogens with zero attached hydrogens (tertiary/aromatic N) is 4. The van der Waals surface area contributed by atoms with Crippen LogP contribution in [0.25, 0.3) is 5.69 Å². The fourth-order valence-corrected chi connectivity index (χ4v) is 4.16. The summed E-state index contributed by atoms with van der Waals surface area (Å²) in [7, 11) is 0. The molecule has 0 radical (unpaired) electrons. The van der Waals surface area contributed by atoms with Crippen LogP contribution in [0.15, 0.2) is 47.6 Å². The molecule has 3 aromatic rings. The van der Waals surface area contributed by atoms with Gasteiger partial charge < -0.3 is 9.47 Å². The van der Waals surface area contributed by atoms with Gasteiger partial charge in [-0.15, -0.1) is 10.2 Å². The van der Waals surface area contributed by atoms with Gasteiger partial charge in [0.15, 0.2) is 16.7 Å². The quantitative estimate of drug-likeness (QED) is 0.355. The van der Waals surface area contributed by atoms with Crippen molar-refractivity contribution in [1.82, 2.24) is 14.8 Å². The number of aryl methyl sites for hydroxylation is 2. The van der Waals surface area contributed by atoms with Crippen molar-refractivity contribution >= 4 is 11.8 Å². The van der Waals surface area contributed by atoms with Gasteiger partial charge in [0.2, 0.25) is 13.3 Å². The summed E-state index contributed by atoms with van der Waals surface area (Å²) in [4.78, 5) is 11.0. The Bertz CT molecular complexity index is 1020. The maximum absolute atomic E-state index is 11.3. The van der Waals surface area contributed by atoms with Gasteiger partial charge in [-0.2, -0.15) is 0 Å². The van der Waals surface area contributed by atoms with E-state index < -0.39 is 5.25 Å². The number of thioether (sulfide) groups is 1. The minimum atomic E-state index is -0.447. The van der Waals surface area contributed by atoms with Crippen LogP contribution in [-0.4, -0.2) is 33.0 Å². The Hall–Kier alpha value is -3.07. The maximum atomic E-state index is 11.3. The lowest BCUT2D eigenvalue weighted by molar-refractivity contribution is -0.479. The second-order valence-corrected chi connectivity index (χ2v) is 7.61. The first kappa shape index (κ1) is 18.3. The Kier molecular flexibility index (Phi) is 4.91. The van der Waals surface area contributed by atoms with Gasteiger partial charge in [-0.05, 0) is 43.7 Å². The van der Waals surface area contributed by atoms with E-state index in [1.807, 2.05) is 48.7 Å². The topological polar surface area (TPSA) is 92.3 Å². The number of benzene rings is 2. The van der Waals surface area contributed by atoms with Crippen LogP contribution < -0.4 is 9.47 Å². The van der Waals surface area contributed by atoms with Crippen molar-refractivity contribution in [3.8, 4) is 17.2 Å². The summed E-state index contributed by atoms with van der Waals surface area (Å²) >= 11 is 1.31. The Labute approximate surface area is 165 Å².